The second kappa shape index (κ2) is 3.94. The maximum atomic E-state index is 12.6. The van der Waals surface area contributed by atoms with Gasteiger partial charge in [0.2, 0.25) is 0 Å². The molecule has 0 aliphatic heterocycles. The smallest absolute Gasteiger partial charge is 0.142 e. The fourth-order valence-electron chi connectivity index (χ4n) is 0.852. The van der Waals surface area contributed by atoms with E-state index in [9.17, 15) is 4.39 Å². The zero-order chi connectivity index (χ0) is 9.84. The van der Waals surface area contributed by atoms with Crippen molar-refractivity contribution in [2.75, 3.05) is 12.3 Å². The van der Waals surface area contributed by atoms with Crippen LogP contribution in [0.5, 0.6) is 5.75 Å². The number of hydrogen-bond donors (Lipinski definition) is 1. The van der Waals surface area contributed by atoms with Gasteiger partial charge in [0, 0.05) is 6.07 Å². The molecule has 70 valence electrons. The summed E-state index contributed by atoms with van der Waals surface area (Å²) in [4.78, 5) is 0. The minimum Gasteiger partial charge on any atom is -0.487 e. The molecule has 0 fully saturated rings. The molecule has 0 heterocycles. The Hall–Kier alpha value is -1.51. The Labute approximate surface area is 76.8 Å². The lowest BCUT2D eigenvalue weighted by molar-refractivity contribution is 0.354. The summed E-state index contributed by atoms with van der Waals surface area (Å²) in [6.07, 6.45) is 0. The van der Waals surface area contributed by atoms with Crippen molar-refractivity contribution >= 4 is 5.69 Å². The first kappa shape index (κ1) is 9.58. The molecular weight excluding hydrogens is 169 g/mol. The second-order valence-electron chi connectivity index (χ2n) is 2.93. The van der Waals surface area contributed by atoms with E-state index in [-0.39, 0.29) is 5.82 Å². The zero-order valence-electron chi connectivity index (χ0n) is 7.51. The summed E-state index contributed by atoms with van der Waals surface area (Å²) in [5.41, 5.74) is 6.71. The highest BCUT2D eigenvalue weighted by Crippen LogP contribution is 2.21. The van der Waals surface area contributed by atoms with Gasteiger partial charge in [-0.15, -0.1) is 0 Å². The second-order valence-corrected chi connectivity index (χ2v) is 2.93. The monoisotopic (exact) mass is 181 g/mol. The molecule has 13 heavy (non-hydrogen) atoms. The largest absolute Gasteiger partial charge is 0.487 e. The Morgan fingerprint density at radius 3 is 2.85 bits per heavy atom. The molecule has 0 amide bonds. The van der Waals surface area contributed by atoms with E-state index in [1.165, 1.54) is 18.2 Å². The van der Waals surface area contributed by atoms with Crippen molar-refractivity contribution in [3.05, 3.63) is 36.2 Å². The molecule has 0 aromatic heterocycles. The van der Waals surface area contributed by atoms with Crippen molar-refractivity contribution in [3.8, 4) is 5.75 Å². The van der Waals surface area contributed by atoms with E-state index in [0.717, 1.165) is 5.57 Å². The van der Waals surface area contributed by atoms with Crippen LogP contribution in [0.1, 0.15) is 6.92 Å². The molecule has 0 aliphatic rings. The van der Waals surface area contributed by atoms with Crippen molar-refractivity contribution in [1.29, 1.82) is 0 Å². The van der Waals surface area contributed by atoms with Gasteiger partial charge < -0.3 is 10.5 Å². The predicted molar refractivity (Wildman–Crippen MR) is 51.1 cm³/mol. The standard InChI is InChI=1S/C10H12FNO/c1-7(2)6-13-10-4-3-8(11)5-9(10)12/h3-5H,1,6,12H2,2H3. The van der Waals surface area contributed by atoms with Crippen LogP contribution in [0.3, 0.4) is 0 Å². The first-order valence-electron chi connectivity index (χ1n) is 3.92. The van der Waals surface area contributed by atoms with Crippen LogP contribution < -0.4 is 10.5 Å². The van der Waals surface area contributed by atoms with E-state index >= 15 is 0 Å². The fourth-order valence-corrected chi connectivity index (χ4v) is 0.852. The van der Waals surface area contributed by atoms with Gasteiger partial charge in [-0.3, -0.25) is 0 Å². The van der Waals surface area contributed by atoms with Crippen molar-refractivity contribution in [2.45, 2.75) is 6.92 Å². The Morgan fingerprint density at radius 2 is 2.31 bits per heavy atom. The molecule has 2 N–H and O–H groups in total. The zero-order valence-corrected chi connectivity index (χ0v) is 7.51. The van der Waals surface area contributed by atoms with Crippen LogP contribution in [0, 0.1) is 5.82 Å². The molecule has 0 unspecified atom stereocenters. The van der Waals surface area contributed by atoms with Gasteiger partial charge in [-0.05, 0) is 24.6 Å². The highest BCUT2D eigenvalue weighted by Gasteiger charge is 2.00. The third kappa shape index (κ3) is 2.78. The Balaban J connectivity index is 2.72. The minimum atomic E-state index is -0.361. The summed E-state index contributed by atoms with van der Waals surface area (Å²) < 4.78 is 17.9. The van der Waals surface area contributed by atoms with Crippen molar-refractivity contribution in [1.82, 2.24) is 0 Å². The Bertz CT molecular complexity index is 323. The van der Waals surface area contributed by atoms with Crippen LogP contribution in [-0.4, -0.2) is 6.61 Å². The number of halogens is 1. The van der Waals surface area contributed by atoms with Crippen LogP contribution in [0.15, 0.2) is 30.4 Å². The van der Waals surface area contributed by atoms with E-state index in [0.29, 0.717) is 18.0 Å². The fraction of sp³-hybridized carbons (Fsp3) is 0.200. The van der Waals surface area contributed by atoms with E-state index in [1.54, 1.807) is 0 Å². The van der Waals surface area contributed by atoms with Gasteiger partial charge in [0.25, 0.3) is 0 Å². The van der Waals surface area contributed by atoms with E-state index in [1.807, 2.05) is 6.92 Å². The van der Waals surface area contributed by atoms with Gasteiger partial charge in [-0.1, -0.05) is 6.58 Å². The van der Waals surface area contributed by atoms with Crippen LogP contribution in [-0.2, 0) is 0 Å². The third-order valence-electron chi connectivity index (χ3n) is 1.45. The SMILES string of the molecule is C=C(C)COc1ccc(F)cc1N. The first-order chi connectivity index (χ1) is 6.09. The third-order valence-corrected chi connectivity index (χ3v) is 1.45. The van der Waals surface area contributed by atoms with Crippen LogP contribution in [0.2, 0.25) is 0 Å². The Kier molecular flexibility index (Phi) is 2.90. The van der Waals surface area contributed by atoms with Gasteiger partial charge in [0.1, 0.15) is 18.2 Å². The van der Waals surface area contributed by atoms with Crippen LogP contribution in [0.4, 0.5) is 10.1 Å². The Morgan fingerprint density at radius 1 is 1.62 bits per heavy atom. The number of benzene rings is 1. The molecule has 0 bridgehead atoms. The van der Waals surface area contributed by atoms with Crippen LogP contribution in [0.25, 0.3) is 0 Å². The molecule has 0 saturated carbocycles. The van der Waals surface area contributed by atoms with E-state index in [2.05, 4.69) is 6.58 Å². The van der Waals surface area contributed by atoms with E-state index < -0.39 is 0 Å². The van der Waals surface area contributed by atoms with Gasteiger partial charge in [0.15, 0.2) is 0 Å². The first-order valence-corrected chi connectivity index (χ1v) is 3.92. The average molecular weight is 181 g/mol. The number of rotatable bonds is 3. The molecule has 3 heteroatoms. The highest BCUT2D eigenvalue weighted by molar-refractivity contribution is 5.52. The molecule has 0 atom stereocenters. The molecule has 1 rings (SSSR count). The van der Waals surface area contributed by atoms with Gasteiger partial charge in [0.05, 0.1) is 5.69 Å². The summed E-state index contributed by atoms with van der Waals surface area (Å²) in [5, 5.41) is 0. The van der Waals surface area contributed by atoms with Crippen LogP contribution >= 0.6 is 0 Å². The molecule has 1 aromatic carbocycles. The van der Waals surface area contributed by atoms with Gasteiger partial charge in [-0.2, -0.15) is 0 Å². The lowest BCUT2D eigenvalue weighted by Crippen LogP contribution is -2.00. The van der Waals surface area contributed by atoms with Crippen molar-refractivity contribution in [2.24, 2.45) is 0 Å². The highest BCUT2D eigenvalue weighted by atomic mass is 19.1. The number of nitrogen functional groups attached to an aromatic ring is 1. The summed E-state index contributed by atoms with van der Waals surface area (Å²) in [5.74, 6) is 0.129. The molecule has 0 radical (unpaired) electrons. The summed E-state index contributed by atoms with van der Waals surface area (Å²) in [7, 11) is 0. The lowest BCUT2D eigenvalue weighted by atomic mass is 10.3. The number of ether oxygens (including phenoxy) is 1. The molecule has 0 aliphatic carbocycles. The molecule has 0 saturated heterocycles. The molecule has 0 spiro atoms. The maximum Gasteiger partial charge on any atom is 0.142 e. The molecular formula is C10H12FNO. The summed E-state index contributed by atoms with van der Waals surface area (Å²) in [6, 6.07) is 4.05. The van der Waals surface area contributed by atoms with Crippen molar-refractivity contribution in [3.63, 3.8) is 0 Å². The maximum absolute atomic E-state index is 12.6. The van der Waals surface area contributed by atoms with Gasteiger partial charge in [-0.25, -0.2) is 4.39 Å². The molecule has 2 nitrogen and oxygen atoms in total. The van der Waals surface area contributed by atoms with E-state index in [4.69, 9.17) is 10.5 Å². The normalized spacial score (nSPS) is 9.69. The molecule has 1 aromatic rings. The quantitative estimate of drug-likeness (QED) is 0.574. The predicted octanol–water partition coefficient (Wildman–Crippen LogP) is 2.36. The number of nitrogens with two attached hydrogens (primary N) is 1. The van der Waals surface area contributed by atoms with Gasteiger partial charge >= 0.3 is 0 Å². The number of hydrogen-bond acceptors (Lipinski definition) is 2. The lowest BCUT2D eigenvalue weighted by Gasteiger charge is -2.07. The minimum absolute atomic E-state index is 0.307. The topological polar surface area (TPSA) is 35.2 Å². The average Bonchev–Trinajstić information content (AvgIpc) is 2.02. The summed E-state index contributed by atoms with van der Waals surface area (Å²) >= 11 is 0. The number of anilines is 1. The summed E-state index contributed by atoms with van der Waals surface area (Å²) in [6.45, 7) is 5.92. The van der Waals surface area contributed by atoms with Crippen molar-refractivity contribution < 1.29 is 9.13 Å².